The zero-order chi connectivity index (χ0) is 46.3. The lowest BCUT2D eigenvalue weighted by atomic mass is 9.91. The highest BCUT2D eigenvalue weighted by Crippen LogP contribution is 2.37. The minimum atomic E-state index is -2.66. The third-order valence-electron chi connectivity index (χ3n) is 13.5. The molecule has 0 aromatic rings. The Labute approximate surface area is 383 Å². The lowest BCUT2D eigenvalue weighted by molar-refractivity contribution is 0.00935. The van der Waals surface area contributed by atoms with Crippen LogP contribution in [-0.4, -0.2) is 236 Å². The van der Waals surface area contributed by atoms with Gasteiger partial charge in [-0.2, -0.15) is 0 Å². The van der Waals surface area contributed by atoms with E-state index < -0.39 is 44.7 Å². The summed E-state index contributed by atoms with van der Waals surface area (Å²) in [6.07, 6.45) is 6.96. The van der Waals surface area contributed by atoms with Crippen LogP contribution >= 0.6 is 0 Å². The second-order valence-electron chi connectivity index (χ2n) is 17.8. The molecule has 6 unspecified atom stereocenters. The van der Waals surface area contributed by atoms with Crippen LogP contribution in [0.1, 0.15) is 64.7 Å². The molecule has 3 fully saturated rings. The van der Waals surface area contributed by atoms with Gasteiger partial charge in [0.05, 0.1) is 38.1 Å². The van der Waals surface area contributed by atoms with Crippen LogP contribution in [0.3, 0.4) is 0 Å². The molecule has 0 aromatic heterocycles. The zero-order valence-electron chi connectivity index (χ0n) is 40.7. The smallest absolute Gasteiger partial charge is 0.389 e. The van der Waals surface area contributed by atoms with E-state index in [4.69, 9.17) is 54.0 Å². The van der Waals surface area contributed by atoms with Crippen LogP contribution in [0.4, 0.5) is 0 Å². The summed E-state index contributed by atoms with van der Waals surface area (Å²) in [6.45, 7) is 9.18. The summed E-state index contributed by atoms with van der Waals surface area (Å²) in [4.78, 5) is 7.38. The second-order valence-corrected chi connectivity index (χ2v) is 27.0. The van der Waals surface area contributed by atoms with Gasteiger partial charge in [0, 0.05) is 153 Å². The molecule has 3 aliphatic rings. The van der Waals surface area contributed by atoms with Gasteiger partial charge in [0.1, 0.15) is 0 Å². The van der Waals surface area contributed by atoms with Gasteiger partial charge in [0.15, 0.2) is 0 Å². The number of aliphatic hydroxyl groups excluding tert-OH is 3. The van der Waals surface area contributed by atoms with Crippen molar-refractivity contribution in [1.82, 2.24) is 14.7 Å². The Kier molecular flexibility index (Phi) is 27.6. The first-order valence-corrected chi connectivity index (χ1v) is 29.1. The Hall–Kier alpha value is -0.0694. The van der Waals surface area contributed by atoms with Gasteiger partial charge in [0.25, 0.3) is 0 Å². The minimum absolute atomic E-state index is 0.266. The average molecular weight is 960 g/mol. The van der Waals surface area contributed by atoms with Crippen molar-refractivity contribution in [1.29, 1.82) is 0 Å². The van der Waals surface area contributed by atoms with Crippen molar-refractivity contribution >= 4 is 26.4 Å². The summed E-state index contributed by atoms with van der Waals surface area (Å²) in [5.74, 6) is 0.979. The van der Waals surface area contributed by atoms with Gasteiger partial charge in [-0.1, -0.05) is 0 Å². The molecule has 63 heavy (non-hydrogen) atoms. The summed E-state index contributed by atoms with van der Waals surface area (Å²) in [5.41, 5.74) is 0. The molecule has 21 heteroatoms. The maximum atomic E-state index is 11.3. The van der Waals surface area contributed by atoms with Crippen LogP contribution in [0.15, 0.2) is 0 Å². The first kappa shape index (κ1) is 57.2. The number of ether oxygens (including phenoxy) is 3. The maximum Gasteiger partial charge on any atom is 0.500 e. The van der Waals surface area contributed by atoms with Crippen molar-refractivity contribution in [3.05, 3.63) is 0 Å². The van der Waals surface area contributed by atoms with Gasteiger partial charge in [-0.25, -0.2) is 0 Å². The molecule has 3 saturated heterocycles. The van der Waals surface area contributed by atoms with Crippen molar-refractivity contribution < 1.29 is 69.4 Å². The van der Waals surface area contributed by atoms with Crippen LogP contribution in [0, 0.1) is 11.8 Å². The van der Waals surface area contributed by atoms with E-state index in [1.165, 1.54) is 0 Å². The number of likely N-dealkylation sites (tertiary alicyclic amines) is 3. The van der Waals surface area contributed by atoms with Gasteiger partial charge in [-0.3, -0.25) is 14.7 Å². The Bertz CT molecular complexity index is 1160. The molecule has 0 saturated carbocycles. The standard InChI is InChI=1S/C42H89N3O15Si3/c1-35-23-36(27-44(35)30-41(47)33-59-18-13-21-62(52-5,53-6)54-7)25-39-26-37(28-45(39)31-42(48)34-60-19-14-22-63(55-8,56-9)57-10)24-38-15-11-16-43(38)29-40(46)32-58-17-12-20-61(49-2,50-3)51-4/h35-42,46-48H,11-34H2,1-10H3/t35?,36?,37?,38-,39-,40?,41?,42?/m0/s1. The monoisotopic (exact) mass is 960 g/mol. The van der Waals surface area contributed by atoms with Crippen molar-refractivity contribution in [3.8, 4) is 0 Å². The number of nitrogens with zero attached hydrogens (tertiary/aromatic N) is 3. The fraction of sp³-hybridized carbons (Fsp3) is 1.00. The normalized spacial score (nSPS) is 24.8. The Morgan fingerprint density at radius 2 is 0.857 bits per heavy atom. The molecule has 3 heterocycles. The third-order valence-corrected chi connectivity index (χ3v) is 22.0. The third kappa shape index (κ3) is 19.1. The summed E-state index contributed by atoms with van der Waals surface area (Å²) in [5, 5.41) is 33.2. The van der Waals surface area contributed by atoms with E-state index in [1.54, 1.807) is 64.0 Å². The second kappa shape index (κ2) is 30.4. The summed E-state index contributed by atoms with van der Waals surface area (Å²) >= 11 is 0. The molecule has 0 aromatic carbocycles. The highest BCUT2D eigenvalue weighted by atomic mass is 28.4. The maximum absolute atomic E-state index is 11.3. The molecule has 0 aliphatic carbocycles. The number of hydrogen-bond acceptors (Lipinski definition) is 18. The average Bonchev–Trinajstić information content (AvgIpc) is 3.99. The van der Waals surface area contributed by atoms with Crippen LogP contribution in [-0.2, 0) is 54.0 Å². The Balaban J connectivity index is 1.53. The fourth-order valence-electron chi connectivity index (χ4n) is 10.0. The predicted octanol–water partition coefficient (Wildman–Crippen LogP) is 2.57. The molecule has 0 spiro atoms. The van der Waals surface area contributed by atoms with Crippen molar-refractivity contribution in [3.63, 3.8) is 0 Å². The first-order chi connectivity index (χ1) is 30.3. The number of rotatable bonds is 37. The minimum Gasteiger partial charge on any atom is -0.389 e. The number of β-amino-alcohol motifs (C(OH)–C–C–N with tert-alkyl or cyclic N) is 3. The van der Waals surface area contributed by atoms with Gasteiger partial charge < -0.3 is 69.4 Å². The quantitative estimate of drug-likeness (QED) is 0.0610. The number of hydrogen-bond donors (Lipinski definition) is 3. The number of aliphatic hydroxyl groups is 3. The summed E-state index contributed by atoms with van der Waals surface area (Å²) < 4.78 is 67.4. The van der Waals surface area contributed by atoms with Gasteiger partial charge >= 0.3 is 26.4 Å². The van der Waals surface area contributed by atoms with Gasteiger partial charge in [0.2, 0.25) is 0 Å². The molecular formula is C42H89N3O15Si3. The van der Waals surface area contributed by atoms with Crippen LogP contribution in [0.2, 0.25) is 18.1 Å². The summed E-state index contributed by atoms with van der Waals surface area (Å²) in [7, 11) is 6.59. The predicted molar refractivity (Wildman–Crippen MR) is 246 cm³/mol. The van der Waals surface area contributed by atoms with E-state index in [0.29, 0.717) is 94.2 Å². The van der Waals surface area contributed by atoms with Gasteiger partial charge in [-0.15, -0.1) is 0 Å². The van der Waals surface area contributed by atoms with E-state index in [0.717, 1.165) is 77.4 Å². The Morgan fingerprint density at radius 3 is 1.29 bits per heavy atom. The van der Waals surface area contributed by atoms with E-state index >= 15 is 0 Å². The van der Waals surface area contributed by atoms with E-state index in [2.05, 4.69) is 21.6 Å². The van der Waals surface area contributed by atoms with Crippen LogP contribution in [0.25, 0.3) is 0 Å². The zero-order valence-corrected chi connectivity index (χ0v) is 43.7. The molecule has 3 N–H and O–H groups in total. The molecule has 374 valence electrons. The molecule has 0 bridgehead atoms. The SMILES string of the molecule is CO[Si](CCCOCC(O)CN1CC(C[C@H]2CC(C[C@@H]3CCCN3CC(O)COCCC[Si](OC)(OC)OC)CN2CC(O)COCCC[Si](OC)(OC)OC)CC1C)(OC)OC. The molecular weight excluding hydrogens is 871 g/mol. The van der Waals surface area contributed by atoms with Crippen molar-refractivity contribution in [2.24, 2.45) is 11.8 Å². The van der Waals surface area contributed by atoms with E-state index in [1.807, 2.05) is 0 Å². The topological polar surface area (TPSA) is 181 Å². The van der Waals surface area contributed by atoms with Crippen molar-refractivity contribution in [2.75, 3.05) is 143 Å². The molecule has 0 amide bonds. The molecule has 3 rings (SSSR count). The molecule has 3 aliphatic heterocycles. The fourth-order valence-corrected chi connectivity index (χ4v) is 15.1. The van der Waals surface area contributed by atoms with E-state index in [9.17, 15) is 15.3 Å². The van der Waals surface area contributed by atoms with Crippen molar-refractivity contribution in [2.45, 2.75) is 119 Å². The Morgan fingerprint density at radius 1 is 0.492 bits per heavy atom. The lowest BCUT2D eigenvalue weighted by Crippen LogP contribution is -2.43. The largest absolute Gasteiger partial charge is 0.500 e. The first-order valence-electron chi connectivity index (χ1n) is 23.3. The summed E-state index contributed by atoms with van der Waals surface area (Å²) in [6, 6.07) is 3.08. The van der Waals surface area contributed by atoms with Crippen LogP contribution < -0.4 is 0 Å². The van der Waals surface area contributed by atoms with Gasteiger partial charge in [-0.05, 0) is 83.1 Å². The lowest BCUT2D eigenvalue weighted by Gasteiger charge is -2.29. The van der Waals surface area contributed by atoms with Crippen LogP contribution in [0.5, 0.6) is 0 Å². The molecule has 18 nitrogen and oxygen atoms in total. The van der Waals surface area contributed by atoms with E-state index in [-0.39, 0.29) is 13.2 Å². The molecule has 0 radical (unpaired) electrons. The highest BCUT2D eigenvalue weighted by Gasteiger charge is 2.41. The highest BCUT2D eigenvalue weighted by molar-refractivity contribution is 6.61. The molecule has 8 atom stereocenters.